The van der Waals surface area contributed by atoms with Crippen molar-refractivity contribution in [1.29, 1.82) is 0 Å². The molecule has 90 valence electrons. The fraction of sp³-hybridized carbons (Fsp3) is 0.0556. The van der Waals surface area contributed by atoms with Crippen LogP contribution in [0.1, 0.15) is 11.1 Å². The molecule has 0 fully saturated rings. The van der Waals surface area contributed by atoms with Crippen molar-refractivity contribution in [2.24, 2.45) is 0 Å². The van der Waals surface area contributed by atoms with Crippen LogP contribution in [0.3, 0.4) is 0 Å². The van der Waals surface area contributed by atoms with E-state index >= 15 is 0 Å². The number of nitrogens with zero attached hydrogens (tertiary/aromatic N) is 1. The highest BCUT2D eigenvalue weighted by Gasteiger charge is 2.20. The lowest BCUT2D eigenvalue weighted by atomic mass is 9.97. The first kappa shape index (κ1) is 10.5. The predicted octanol–water partition coefficient (Wildman–Crippen LogP) is 4.32. The summed E-state index contributed by atoms with van der Waals surface area (Å²) in [6.07, 6.45) is 4.79. The summed E-state index contributed by atoms with van der Waals surface area (Å²) < 4.78 is 0. The van der Waals surface area contributed by atoms with Crippen molar-refractivity contribution in [2.75, 3.05) is 0 Å². The molecule has 1 aromatic heterocycles. The van der Waals surface area contributed by atoms with Crippen molar-refractivity contribution >= 4 is 0 Å². The molecule has 0 bridgehead atoms. The quantitative estimate of drug-likeness (QED) is 0.485. The minimum atomic E-state index is 1.02. The molecule has 0 spiro atoms. The van der Waals surface area contributed by atoms with Gasteiger partial charge in [-0.05, 0) is 40.3 Å². The minimum absolute atomic E-state index is 1.02. The molecule has 0 unspecified atom stereocenters. The molecule has 0 saturated heterocycles. The van der Waals surface area contributed by atoms with Gasteiger partial charge in [-0.15, -0.1) is 0 Å². The smallest absolute Gasteiger partial charge is 0.0346 e. The van der Waals surface area contributed by atoms with Crippen LogP contribution in [-0.4, -0.2) is 4.98 Å². The van der Waals surface area contributed by atoms with Crippen LogP contribution in [0.5, 0.6) is 0 Å². The van der Waals surface area contributed by atoms with Gasteiger partial charge in [-0.2, -0.15) is 0 Å². The molecular weight excluding hydrogens is 230 g/mol. The molecule has 4 rings (SSSR count). The molecule has 0 atom stereocenters. The third-order valence-electron chi connectivity index (χ3n) is 3.82. The molecule has 1 heterocycles. The van der Waals surface area contributed by atoms with Crippen molar-refractivity contribution in [3.8, 4) is 22.3 Å². The standard InChI is InChI=1S/C18H13N/c1-2-7-15-13(5-1)11-18-16(8-3-9-17(15)18)14-6-4-10-19-12-14/h1-10,12H,11H2. The molecule has 0 N–H and O–H groups in total. The van der Waals surface area contributed by atoms with E-state index in [1.54, 1.807) is 0 Å². The van der Waals surface area contributed by atoms with E-state index in [1.807, 2.05) is 18.5 Å². The summed E-state index contributed by atoms with van der Waals surface area (Å²) >= 11 is 0. The van der Waals surface area contributed by atoms with Crippen LogP contribution in [0.25, 0.3) is 22.3 Å². The van der Waals surface area contributed by atoms with Crippen molar-refractivity contribution in [3.05, 3.63) is 78.1 Å². The lowest BCUT2D eigenvalue weighted by Crippen LogP contribution is -1.88. The van der Waals surface area contributed by atoms with Crippen LogP contribution < -0.4 is 0 Å². The Hall–Kier alpha value is -2.41. The maximum Gasteiger partial charge on any atom is 0.0346 e. The van der Waals surface area contributed by atoms with Gasteiger partial charge in [0, 0.05) is 18.0 Å². The Kier molecular flexibility index (Phi) is 2.25. The SMILES string of the molecule is c1cncc(-c2cccc3c2Cc2ccccc2-3)c1. The highest BCUT2D eigenvalue weighted by Crippen LogP contribution is 2.41. The lowest BCUT2D eigenvalue weighted by Gasteiger charge is -2.08. The van der Waals surface area contributed by atoms with E-state index in [4.69, 9.17) is 0 Å². The first-order chi connectivity index (χ1) is 9.43. The highest BCUT2D eigenvalue weighted by atomic mass is 14.6. The van der Waals surface area contributed by atoms with Gasteiger partial charge in [-0.1, -0.05) is 48.5 Å². The third-order valence-corrected chi connectivity index (χ3v) is 3.82. The van der Waals surface area contributed by atoms with Gasteiger partial charge >= 0.3 is 0 Å². The number of rotatable bonds is 1. The number of pyridine rings is 1. The summed E-state index contributed by atoms with van der Waals surface area (Å²) in [5.74, 6) is 0. The van der Waals surface area contributed by atoms with Crippen LogP contribution in [0.2, 0.25) is 0 Å². The number of benzene rings is 2. The van der Waals surface area contributed by atoms with Gasteiger partial charge in [0.1, 0.15) is 0 Å². The maximum atomic E-state index is 4.24. The van der Waals surface area contributed by atoms with E-state index < -0.39 is 0 Å². The summed E-state index contributed by atoms with van der Waals surface area (Å²) in [6.45, 7) is 0. The second kappa shape index (κ2) is 4.06. The summed E-state index contributed by atoms with van der Waals surface area (Å²) in [4.78, 5) is 4.24. The zero-order valence-corrected chi connectivity index (χ0v) is 10.5. The van der Waals surface area contributed by atoms with Crippen molar-refractivity contribution in [3.63, 3.8) is 0 Å². The monoisotopic (exact) mass is 243 g/mol. The fourth-order valence-corrected chi connectivity index (χ4v) is 2.95. The van der Waals surface area contributed by atoms with Crippen molar-refractivity contribution in [2.45, 2.75) is 6.42 Å². The molecule has 1 aliphatic rings. The topological polar surface area (TPSA) is 12.9 Å². The first-order valence-electron chi connectivity index (χ1n) is 6.54. The van der Waals surface area contributed by atoms with Gasteiger partial charge in [0.15, 0.2) is 0 Å². The molecule has 0 amide bonds. The average Bonchev–Trinajstić information content (AvgIpc) is 2.87. The predicted molar refractivity (Wildman–Crippen MR) is 77.9 cm³/mol. The van der Waals surface area contributed by atoms with Gasteiger partial charge in [-0.3, -0.25) is 4.98 Å². The minimum Gasteiger partial charge on any atom is -0.264 e. The summed E-state index contributed by atoms with van der Waals surface area (Å²) in [5, 5.41) is 0. The molecule has 0 aliphatic heterocycles. The van der Waals surface area contributed by atoms with Crippen LogP contribution >= 0.6 is 0 Å². The Morgan fingerprint density at radius 3 is 2.47 bits per heavy atom. The molecular formula is C18H13N. The van der Waals surface area contributed by atoms with Crippen LogP contribution in [0, 0.1) is 0 Å². The van der Waals surface area contributed by atoms with E-state index in [9.17, 15) is 0 Å². The Morgan fingerprint density at radius 2 is 1.58 bits per heavy atom. The zero-order chi connectivity index (χ0) is 12.7. The number of aromatic nitrogens is 1. The van der Waals surface area contributed by atoms with E-state index in [0.717, 1.165) is 6.42 Å². The van der Waals surface area contributed by atoms with Gasteiger partial charge in [-0.25, -0.2) is 0 Å². The molecule has 1 aliphatic carbocycles. The van der Waals surface area contributed by atoms with Crippen molar-refractivity contribution in [1.82, 2.24) is 4.98 Å². The molecule has 19 heavy (non-hydrogen) atoms. The van der Waals surface area contributed by atoms with Crippen molar-refractivity contribution < 1.29 is 0 Å². The maximum absolute atomic E-state index is 4.24. The highest BCUT2D eigenvalue weighted by molar-refractivity contribution is 5.84. The van der Waals surface area contributed by atoms with Gasteiger partial charge in [0.05, 0.1) is 0 Å². The lowest BCUT2D eigenvalue weighted by molar-refractivity contribution is 1.25. The second-order valence-corrected chi connectivity index (χ2v) is 4.91. The number of fused-ring (bicyclic) bond motifs is 3. The summed E-state index contributed by atoms with van der Waals surface area (Å²) in [7, 11) is 0. The molecule has 1 heteroatoms. The molecule has 0 radical (unpaired) electrons. The van der Waals surface area contributed by atoms with Gasteiger partial charge in [0.2, 0.25) is 0 Å². The summed E-state index contributed by atoms with van der Waals surface area (Å²) in [5.41, 5.74) is 8.11. The summed E-state index contributed by atoms with van der Waals surface area (Å²) in [6, 6.07) is 19.4. The van der Waals surface area contributed by atoms with Crippen LogP contribution in [-0.2, 0) is 6.42 Å². The zero-order valence-electron chi connectivity index (χ0n) is 10.5. The average molecular weight is 243 g/mol. The van der Waals surface area contributed by atoms with E-state index in [0.29, 0.717) is 0 Å². The number of hydrogen-bond acceptors (Lipinski definition) is 1. The van der Waals surface area contributed by atoms with Crippen LogP contribution in [0.15, 0.2) is 67.0 Å². The Balaban J connectivity index is 1.95. The molecule has 0 saturated carbocycles. The van der Waals surface area contributed by atoms with E-state index in [1.165, 1.54) is 33.4 Å². The molecule has 1 nitrogen and oxygen atoms in total. The molecule has 3 aromatic rings. The van der Waals surface area contributed by atoms with Crippen LogP contribution in [0.4, 0.5) is 0 Å². The molecule has 2 aromatic carbocycles. The number of hydrogen-bond donors (Lipinski definition) is 0. The van der Waals surface area contributed by atoms with Gasteiger partial charge < -0.3 is 0 Å². The largest absolute Gasteiger partial charge is 0.264 e. The third kappa shape index (κ3) is 1.59. The Bertz CT molecular complexity index is 745. The second-order valence-electron chi connectivity index (χ2n) is 4.91. The van der Waals surface area contributed by atoms with E-state index in [2.05, 4.69) is 53.5 Å². The van der Waals surface area contributed by atoms with Gasteiger partial charge in [0.25, 0.3) is 0 Å². The normalized spacial score (nSPS) is 12.0. The van der Waals surface area contributed by atoms with E-state index in [-0.39, 0.29) is 0 Å². The fourth-order valence-electron chi connectivity index (χ4n) is 2.95. The Morgan fingerprint density at radius 1 is 0.737 bits per heavy atom. The first-order valence-corrected chi connectivity index (χ1v) is 6.54. The Labute approximate surface area is 112 Å².